The number of aliphatic hydroxyl groups excluding tert-OH is 1. The fourth-order valence-corrected chi connectivity index (χ4v) is 2.37. The van der Waals surface area contributed by atoms with Crippen molar-refractivity contribution in [3.05, 3.63) is 68.6 Å². The number of benzene rings is 2. The first-order chi connectivity index (χ1) is 11.0. The van der Waals surface area contributed by atoms with Crippen LogP contribution in [0.25, 0.3) is 0 Å². The lowest BCUT2D eigenvalue weighted by Crippen LogP contribution is -1.96. The number of aryl methyl sites for hydroxylation is 2. The average Bonchev–Trinajstić information content (AvgIpc) is 2.54. The number of carboxylic acid groups (broad SMARTS) is 1. The van der Waals surface area contributed by atoms with Crippen molar-refractivity contribution in [1.82, 2.24) is 0 Å². The molecule has 0 aliphatic heterocycles. The number of aliphatic carboxylic acids is 1. The fourth-order valence-electron chi connectivity index (χ4n) is 1.84. The van der Waals surface area contributed by atoms with Crippen molar-refractivity contribution in [2.75, 3.05) is 6.61 Å². The molecule has 2 aromatic rings. The monoisotopic (exact) mass is 442 g/mol. The molecule has 0 aliphatic carbocycles. The van der Waals surface area contributed by atoms with Crippen LogP contribution in [0.4, 0.5) is 0 Å². The minimum Gasteiger partial charge on any atom is -0.481 e. The summed E-state index contributed by atoms with van der Waals surface area (Å²) >= 11 is 6.67. The van der Waals surface area contributed by atoms with E-state index in [1.54, 1.807) is 0 Å². The topological polar surface area (TPSA) is 57.5 Å². The van der Waals surface area contributed by atoms with Gasteiger partial charge in [-0.15, -0.1) is 0 Å². The first-order valence-corrected chi connectivity index (χ1v) is 8.91. The van der Waals surface area contributed by atoms with Gasteiger partial charge in [-0.25, -0.2) is 0 Å². The maximum Gasteiger partial charge on any atom is 0.303 e. The lowest BCUT2D eigenvalue weighted by Gasteiger charge is -1.98. The summed E-state index contributed by atoms with van der Waals surface area (Å²) in [6.07, 6.45) is 2.61. The third-order valence-corrected chi connectivity index (χ3v) is 4.13. The van der Waals surface area contributed by atoms with Crippen molar-refractivity contribution >= 4 is 37.8 Å². The van der Waals surface area contributed by atoms with Crippen molar-refractivity contribution in [2.24, 2.45) is 0 Å². The van der Waals surface area contributed by atoms with Crippen LogP contribution in [0, 0.1) is 0 Å². The molecule has 5 heteroatoms. The van der Waals surface area contributed by atoms with E-state index in [-0.39, 0.29) is 13.0 Å². The Morgan fingerprint density at radius 1 is 0.826 bits per heavy atom. The van der Waals surface area contributed by atoms with Crippen LogP contribution in [0.15, 0.2) is 57.5 Å². The van der Waals surface area contributed by atoms with Gasteiger partial charge in [0.1, 0.15) is 0 Å². The molecule has 0 saturated carbocycles. The van der Waals surface area contributed by atoms with Crippen LogP contribution in [0.2, 0.25) is 0 Å². The van der Waals surface area contributed by atoms with Gasteiger partial charge >= 0.3 is 5.97 Å². The summed E-state index contributed by atoms with van der Waals surface area (Å²) in [6.45, 7) is 0.274. The van der Waals surface area contributed by atoms with Crippen LogP contribution >= 0.6 is 31.9 Å². The Labute approximate surface area is 153 Å². The molecule has 0 aromatic heterocycles. The highest BCUT2D eigenvalue weighted by Gasteiger charge is 1.98. The zero-order chi connectivity index (χ0) is 17.1. The van der Waals surface area contributed by atoms with Crippen LogP contribution < -0.4 is 0 Å². The summed E-state index contributed by atoms with van der Waals surface area (Å²) in [7, 11) is 0. The van der Waals surface area contributed by atoms with Crippen molar-refractivity contribution in [1.29, 1.82) is 0 Å². The number of carboxylic acids is 1. The van der Waals surface area contributed by atoms with Gasteiger partial charge in [0.25, 0.3) is 0 Å². The Kier molecular flexibility index (Phi) is 9.83. The lowest BCUT2D eigenvalue weighted by atomic mass is 10.1. The number of aliphatic hydroxyl groups is 1. The van der Waals surface area contributed by atoms with Gasteiger partial charge in [-0.3, -0.25) is 4.79 Å². The van der Waals surface area contributed by atoms with E-state index in [2.05, 4.69) is 44.0 Å². The van der Waals surface area contributed by atoms with Gasteiger partial charge in [-0.1, -0.05) is 56.1 Å². The summed E-state index contributed by atoms with van der Waals surface area (Å²) in [5.74, 6) is -0.752. The quantitative estimate of drug-likeness (QED) is 0.671. The summed E-state index contributed by atoms with van der Waals surface area (Å²) in [5.41, 5.74) is 2.34. The second-order valence-electron chi connectivity index (χ2n) is 4.97. The SMILES string of the molecule is O=C(O)CCc1ccc(Br)cc1.OCCCc1ccc(Br)cc1. The van der Waals surface area contributed by atoms with E-state index >= 15 is 0 Å². The molecular formula is C18H20Br2O3. The predicted octanol–water partition coefficient (Wildman–Crippen LogP) is 4.84. The number of carbonyl (C=O) groups is 1. The van der Waals surface area contributed by atoms with Crippen LogP contribution in [0.5, 0.6) is 0 Å². The highest BCUT2D eigenvalue weighted by atomic mass is 79.9. The molecule has 0 radical (unpaired) electrons. The van der Waals surface area contributed by atoms with E-state index < -0.39 is 5.97 Å². The highest BCUT2D eigenvalue weighted by molar-refractivity contribution is 9.10. The Bertz CT molecular complexity index is 580. The van der Waals surface area contributed by atoms with Gasteiger partial charge in [0, 0.05) is 22.0 Å². The number of halogens is 2. The zero-order valence-electron chi connectivity index (χ0n) is 12.7. The molecular weight excluding hydrogens is 424 g/mol. The van der Waals surface area contributed by atoms with Gasteiger partial charge in [-0.05, 0) is 54.7 Å². The molecule has 0 fully saturated rings. The van der Waals surface area contributed by atoms with Gasteiger partial charge in [0.05, 0.1) is 0 Å². The van der Waals surface area contributed by atoms with Crippen molar-refractivity contribution in [2.45, 2.75) is 25.7 Å². The molecule has 3 nitrogen and oxygen atoms in total. The van der Waals surface area contributed by atoms with E-state index in [1.165, 1.54) is 5.56 Å². The Morgan fingerprint density at radius 2 is 1.26 bits per heavy atom. The smallest absolute Gasteiger partial charge is 0.303 e. The fraction of sp³-hybridized carbons (Fsp3) is 0.278. The summed E-state index contributed by atoms with van der Waals surface area (Å²) in [5, 5.41) is 17.0. The van der Waals surface area contributed by atoms with Crippen LogP contribution in [0.3, 0.4) is 0 Å². The molecule has 2 rings (SSSR count). The van der Waals surface area contributed by atoms with E-state index in [9.17, 15) is 4.79 Å². The second kappa shape index (κ2) is 11.4. The highest BCUT2D eigenvalue weighted by Crippen LogP contribution is 2.12. The lowest BCUT2D eigenvalue weighted by molar-refractivity contribution is -0.136. The summed E-state index contributed by atoms with van der Waals surface area (Å²) in [6, 6.07) is 15.9. The second-order valence-corrected chi connectivity index (χ2v) is 6.81. The molecule has 2 aromatic carbocycles. The van der Waals surface area contributed by atoms with Crippen molar-refractivity contribution < 1.29 is 15.0 Å². The van der Waals surface area contributed by atoms with Gasteiger partial charge in [0.2, 0.25) is 0 Å². The first-order valence-electron chi connectivity index (χ1n) is 7.33. The Hall–Kier alpha value is -1.17. The molecule has 0 unspecified atom stereocenters. The number of rotatable bonds is 6. The summed E-state index contributed by atoms with van der Waals surface area (Å²) < 4.78 is 2.12. The molecule has 0 aliphatic rings. The number of hydrogen-bond donors (Lipinski definition) is 2. The van der Waals surface area contributed by atoms with E-state index in [4.69, 9.17) is 10.2 Å². The molecule has 0 spiro atoms. The van der Waals surface area contributed by atoms with E-state index in [0.717, 1.165) is 27.4 Å². The minimum atomic E-state index is -0.752. The third-order valence-electron chi connectivity index (χ3n) is 3.08. The molecule has 23 heavy (non-hydrogen) atoms. The van der Waals surface area contributed by atoms with Crippen molar-refractivity contribution in [3.8, 4) is 0 Å². The summed E-state index contributed by atoms with van der Waals surface area (Å²) in [4.78, 5) is 10.2. The normalized spacial score (nSPS) is 9.87. The van der Waals surface area contributed by atoms with Gasteiger partial charge in [-0.2, -0.15) is 0 Å². The predicted molar refractivity (Wildman–Crippen MR) is 99.6 cm³/mol. The van der Waals surface area contributed by atoms with E-state index in [0.29, 0.717) is 6.42 Å². The van der Waals surface area contributed by atoms with Gasteiger partial charge < -0.3 is 10.2 Å². The van der Waals surface area contributed by atoms with Crippen LogP contribution in [-0.4, -0.2) is 22.8 Å². The molecule has 0 heterocycles. The Balaban J connectivity index is 0.000000231. The van der Waals surface area contributed by atoms with E-state index in [1.807, 2.05) is 36.4 Å². The average molecular weight is 444 g/mol. The first kappa shape index (κ1) is 19.9. The van der Waals surface area contributed by atoms with Crippen LogP contribution in [0.1, 0.15) is 24.0 Å². The third kappa shape index (κ3) is 9.54. The largest absolute Gasteiger partial charge is 0.481 e. The minimum absolute atomic E-state index is 0.196. The Morgan fingerprint density at radius 3 is 1.65 bits per heavy atom. The molecule has 0 saturated heterocycles. The standard InChI is InChI=1S/C9H9BrO2.C9H11BrO/c10-8-4-1-7(2-5-8)3-6-9(11)12;10-9-5-3-8(4-6-9)2-1-7-11/h1-2,4-5H,3,6H2,(H,11,12);3-6,11H,1-2,7H2. The maximum absolute atomic E-state index is 10.2. The van der Waals surface area contributed by atoms with Gasteiger partial charge in [0.15, 0.2) is 0 Å². The van der Waals surface area contributed by atoms with Crippen LogP contribution in [-0.2, 0) is 17.6 Å². The maximum atomic E-state index is 10.2. The molecule has 124 valence electrons. The molecule has 0 atom stereocenters. The molecule has 0 bridgehead atoms. The molecule has 0 amide bonds. The molecule has 2 N–H and O–H groups in total. The number of hydrogen-bond acceptors (Lipinski definition) is 2. The zero-order valence-corrected chi connectivity index (χ0v) is 15.9. The van der Waals surface area contributed by atoms with Crippen molar-refractivity contribution in [3.63, 3.8) is 0 Å².